The molecule has 0 aromatic carbocycles. The molecule has 4 heterocycles. The van der Waals surface area contributed by atoms with E-state index in [1.54, 1.807) is 11.8 Å². The predicted molar refractivity (Wildman–Crippen MR) is 119 cm³/mol. The van der Waals surface area contributed by atoms with Crippen LogP contribution < -0.4 is 0 Å². The molecule has 1 amide bonds. The topological polar surface area (TPSA) is 127 Å². The highest BCUT2D eigenvalue weighted by Crippen LogP contribution is 2.47. The molecule has 11 nitrogen and oxygen atoms in total. The number of carbonyl (C=O) groups is 2. The first-order valence-corrected chi connectivity index (χ1v) is 11.7. The number of aliphatic hydroxyl groups excluding tert-OH is 1. The number of cyclic esters (lactones) is 1. The Kier molecular flexibility index (Phi) is 6.13. The van der Waals surface area contributed by atoms with Crippen LogP contribution in [0.1, 0.15) is 44.6 Å². The molecule has 1 saturated heterocycles. The van der Waals surface area contributed by atoms with Gasteiger partial charge in [-0.1, -0.05) is 6.07 Å². The minimum absolute atomic E-state index is 0.0753. The number of nitrogens with zero attached hydrogens (tertiary/aromatic N) is 7. The zero-order valence-electron chi connectivity index (χ0n) is 19.3. The summed E-state index contributed by atoms with van der Waals surface area (Å²) < 4.78 is 6.62. The standard InChI is InChI=1S/C23H29N7O4/c1-16-19(14-34-21(16)32)29-9-8-23(22(29)33)6-4-18(5-7-23)28(10-11-31)13-17-2-3-20(24-12-17)30-15-25-26-27-30/h2-3,12,15,18,31H,4-11,13-14H2,1H3/t18-,23+. The number of tetrazole rings is 1. The highest BCUT2D eigenvalue weighted by molar-refractivity contribution is 5.94. The molecule has 1 N–H and O–H groups in total. The Morgan fingerprint density at radius 1 is 1.24 bits per heavy atom. The molecule has 0 radical (unpaired) electrons. The Labute approximate surface area is 197 Å². The molecule has 180 valence electrons. The Hall–Kier alpha value is -3.18. The fourth-order valence-corrected chi connectivity index (χ4v) is 5.48. The largest absolute Gasteiger partial charge is 0.456 e. The van der Waals surface area contributed by atoms with Crippen molar-refractivity contribution in [3.05, 3.63) is 41.5 Å². The van der Waals surface area contributed by atoms with Crippen LogP contribution in [0.5, 0.6) is 0 Å². The number of carbonyl (C=O) groups excluding carboxylic acids is 2. The summed E-state index contributed by atoms with van der Waals surface area (Å²) in [6.45, 7) is 3.89. The van der Waals surface area contributed by atoms with Crippen molar-refractivity contribution < 1.29 is 19.4 Å². The maximum atomic E-state index is 13.4. The third kappa shape index (κ3) is 4.09. The van der Waals surface area contributed by atoms with E-state index >= 15 is 0 Å². The summed E-state index contributed by atoms with van der Waals surface area (Å²) >= 11 is 0. The van der Waals surface area contributed by atoms with Crippen LogP contribution in [0.25, 0.3) is 5.82 Å². The fourth-order valence-electron chi connectivity index (χ4n) is 5.48. The number of ether oxygens (including phenoxy) is 1. The Morgan fingerprint density at radius 3 is 2.68 bits per heavy atom. The first kappa shape index (κ1) is 22.6. The van der Waals surface area contributed by atoms with E-state index in [1.165, 1.54) is 11.0 Å². The van der Waals surface area contributed by atoms with E-state index < -0.39 is 0 Å². The van der Waals surface area contributed by atoms with Crippen LogP contribution in [0, 0.1) is 5.41 Å². The normalized spacial score (nSPS) is 25.1. The number of aromatic nitrogens is 5. The van der Waals surface area contributed by atoms with Crippen molar-refractivity contribution in [2.45, 2.75) is 51.6 Å². The van der Waals surface area contributed by atoms with Crippen molar-refractivity contribution in [1.82, 2.24) is 35.0 Å². The second-order valence-corrected chi connectivity index (χ2v) is 9.34. The zero-order valence-corrected chi connectivity index (χ0v) is 19.3. The summed E-state index contributed by atoms with van der Waals surface area (Å²) in [6, 6.07) is 4.16. The summed E-state index contributed by atoms with van der Waals surface area (Å²) in [5.74, 6) is 0.452. The molecule has 5 rings (SSSR count). The Bertz CT molecular complexity index is 1080. The minimum Gasteiger partial charge on any atom is -0.456 e. The van der Waals surface area contributed by atoms with E-state index in [0.29, 0.717) is 31.0 Å². The lowest BCUT2D eigenvalue weighted by Gasteiger charge is -2.40. The molecule has 0 bridgehead atoms. The van der Waals surface area contributed by atoms with Gasteiger partial charge in [-0.05, 0) is 61.1 Å². The maximum absolute atomic E-state index is 13.4. The van der Waals surface area contributed by atoms with Crippen LogP contribution in [0.2, 0.25) is 0 Å². The predicted octanol–water partition coefficient (Wildman–Crippen LogP) is 0.844. The van der Waals surface area contributed by atoms with Gasteiger partial charge in [-0.3, -0.25) is 9.69 Å². The van der Waals surface area contributed by atoms with E-state index in [4.69, 9.17) is 4.74 Å². The first-order chi connectivity index (χ1) is 16.5. The number of aliphatic hydroxyl groups is 1. The Balaban J connectivity index is 1.23. The van der Waals surface area contributed by atoms with Gasteiger partial charge in [0.2, 0.25) is 5.91 Å². The van der Waals surface area contributed by atoms with E-state index in [9.17, 15) is 14.7 Å². The second kappa shape index (κ2) is 9.22. The van der Waals surface area contributed by atoms with Crippen molar-refractivity contribution in [3.63, 3.8) is 0 Å². The molecular weight excluding hydrogens is 438 g/mol. The number of rotatable bonds is 7. The third-order valence-corrected chi connectivity index (χ3v) is 7.51. The van der Waals surface area contributed by atoms with Gasteiger partial charge in [0.05, 0.1) is 23.3 Å². The van der Waals surface area contributed by atoms with Crippen LogP contribution in [-0.2, 0) is 20.9 Å². The molecule has 11 heteroatoms. The summed E-state index contributed by atoms with van der Waals surface area (Å²) in [5.41, 5.74) is 1.97. The number of likely N-dealkylation sites (tertiary alicyclic amines) is 1. The van der Waals surface area contributed by atoms with Crippen molar-refractivity contribution in [1.29, 1.82) is 0 Å². The van der Waals surface area contributed by atoms with Crippen molar-refractivity contribution >= 4 is 11.9 Å². The van der Waals surface area contributed by atoms with Crippen LogP contribution in [0.4, 0.5) is 0 Å². The van der Waals surface area contributed by atoms with Gasteiger partial charge in [-0.2, -0.15) is 4.68 Å². The number of hydrogen-bond acceptors (Lipinski definition) is 9. The van der Waals surface area contributed by atoms with Crippen LogP contribution in [0.3, 0.4) is 0 Å². The summed E-state index contributed by atoms with van der Waals surface area (Å²) in [6.07, 6.45) is 7.53. The maximum Gasteiger partial charge on any atom is 0.336 e. The molecular formula is C23H29N7O4. The number of esters is 1. The monoisotopic (exact) mass is 467 g/mol. The number of hydrogen-bond donors (Lipinski definition) is 1. The fraction of sp³-hybridized carbons (Fsp3) is 0.565. The summed E-state index contributed by atoms with van der Waals surface area (Å²) in [4.78, 5) is 33.7. The molecule has 2 aliphatic heterocycles. The quantitative estimate of drug-likeness (QED) is 0.590. The summed E-state index contributed by atoms with van der Waals surface area (Å²) in [5, 5.41) is 20.8. The van der Waals surface area contributed by atoms with Crippen molar-refractivity contribution in [2.75, 3.05) is 26.3 Å². The zero-order chi connectivity index (χ0) is 23.7. The highest BCUT2D eigenvalue weighted by Gasteiger charge is 2.50. The lowest BCUT2D eigenvalue weighted by molar-refractivity contribution is -0.138. The highest BCUT2D eigenvalue weighted by atomic mass is 16.5. The average molecular weight is 468 g/mol. The van der Waals surface area contributed by atoms with E-state index in [1.807, 2.05) is 18.3 Å². The van der Waals surface area contributed by atoms with Gasteiger partial charge in [0, 0.05) is 31.9 Å². The Morgan fingerprint density at radius 2 is 2.06 bits per heavy atom. The average Bonchev–Trinajstić information content (AvgIpc) is 3.57. The van der Waals surface area contributed by atoms with Gasteiger partial charge in [0.25, 0.3) is 0 Å². The van der Waals surface area contributed by atoms with Crippen LogP contribution in [0.15, 0.2) is 35.9 Å². The van der Waals surface area contributed by atoms with Crippen molar-refractivity contribution in [2.24, 2.45) is 5.41 Å². The van der Waals surface area contributed by atoms with E-state index in [-0.39, 0.29) is 36.5 Å². The van der Waals surface area contributed by atoms with Gasteiger partial charge in [0.1, 0.15) is 12.9 Å². The molecule has 2 aromatic heterocycles. The van der Waals surface area contributed by atoms with Gasteiger partial charge in [-0.15, -0.1) is 5.10 Å². The lowest BCUT2D eigenvalue weighted by atomic mass is 9.71. The lowest BCUT2D eigenvalue weighted by Crippen LogP contribution is -2.44. The van der Waals surface area contributed by atoms with Crippen molar-refractivity contribution in [3.8, 4) is 5.82 Å². The van der Waals surface area contributed by atoms with E-state index in [2.05, 4.69) is 25.4 Å². The van der Waals surface area contributed by atoms with Gasteiger partial charge >= 0.3 is 5.97 Å². The molecule has 1 saturated carbocycles. The molecule has 0 unspecified atom stereocenters. The smallest absolute Gasteiger partial charge is 0.336 e. The minimum atomic E-state index is -0.352. The molecule has 2 fully saturated rings. The molecule has 1 aliphatic carbocycles. The summed E-state index contributed by atoms with van der Waals surface area (Å²) in [7, 11) is 0. The molecule has 0 atom stereocenters. The first-order valence-electron chi connectivity index (χ1n) is 11.7. The van der Waals surface area contributed by atoms with Crippen LogP contribution >= 0.6 is 0 Å². The third-order valence-electron chi connectivity index (χ3n) is 7.51. The second-order valence-electron chi connectivity index (χ2n) is 9.34. The molecule has 3 aliphatic rings. The molecule has 2 aromatic rings. The SMILES string of the molecule is CC1=C(N2CC[C@]3(CC[C@H](N(CCO)Cc4ccc(-n5cnnn5)nc4)CC3)C2=O)COC1=O. The van der Waals surface area contributed by atoms with Gasteiger partial charge in [-0.25, -0.2) is 9.78 Å². The number of amides is 1. The molecule has 1 spiro atoms. The van der Waals surface area contributed by atoms with Crippen LogP contribution in [-0.4, -0.2) is 84.3 Å². The van der Waals surface area contributed by atoms with Gasteiger partial charge < -0.3 is 14.7 Å². The van der Waals surface area contributed by atoms with Gasteiger partial charge in [0.15, 0.2) is 5.82 Å². The molecule has 34 heavy (non-hydrogen) atoms. The number of pyridine rings is 1. The van der Waals surface area contributed by atoms with E-state index in [0.717, 1.165) is 43.4 Å².